The molecule has 1 aliphatic carbocycles. The lowest BCUT2D eigenvalue weighted by atomic mass is 9.96. The Kier molecular flexibility index (Phi) is 8.72. The number of halogens is 1. The van der Waals surface area contributed by atoms with E-state index in [1.54, 1.807) is 26.0 Å². The topological polar surface area (TPSA) is 71.4 Å². The molecule has 8 heteroatoms. The Labute approximate surface area is 191 Å². The van der Waals surface area contributed by atoms with Gasteiger partial charge in [0.2, 0.25) is 5.91 Å². The van der Waals surface area contributed by atoms with Gasteiger partial charge in [-0.2, -0.15) is 0 Å². The summed E-state index contributed by atoms with van der Waals surface area (Å²) in [5.74, 6) is 1.01. The minimum absolute atomic E-state index is 0. The van der Waals surface area contributed by atoms with Gasteiger partial charge in [-0.05, 0) is 24.0 Å². The summed E-state index contributed by atoms with van der Waals surface area (Å²) in [4.78, 5) is 22.4. The lowest BCUT2D eigenvalue weighted by Gasteiger charge is -2.37. The molecule has 1 atom stereocenters. The largest absolute Gasteiger partial charge is 0.383 e. The number of carbonyl (C=O) groups is 1. The maximum atomic E-state index is 11.8. The normalized spacial score (nSPS) is 22.1. The van der Waals surface area contributed by atoms with Crippen LogP contribution in [0.1, 0.15) is 24.0 Å². The minimum Gasteiger partial charge on any atom is -0.383 e. The van der Waals surface area contributed by atoms with Crippen molar-refractivity contribution in [3.8, 4) is 0 Å². The van der Waals surface area contributed by atoms with Crippen molar-refractivity contribution >= 4 is 35.8 Å². The number of benzene rings is 1. The van der Waals surface area contributed by atoms with Crippen molar-refractivity contribution in [2.45, 2.75) is 24.9 Å². The van der Waals surface area contributed by atoms with Crippen molar-refractivity contribution in [1.82, 2.24) is 20.0 Å². The lowest BCUT2D eigenvalue weighted by Crippen LogP contribution is -2.54. The van der Waals surface area contributed by atoms with Gasteiger partial charge in [-0.3, -0.25) is 14.7 Å². The van der Waals surface area contributed by atoms with Crippen LogP contribution in [0, 0.1) is 0 Å². The van der Waals surface area contributed by atoms with Crippen LogP contribution in [-0.2, 0) is 16.8 Å². The van der Waals surface area contributed by atoms with E-state index in [9.17, 15) is 9.90 Å². The van der Waals surface area contributed by atoms with Crippen LogP contribution < -0.4 is 5.32 Å². The number of hydrogen-bond acceptors (Lipinski definition) is 4. The molecule has 7 nitrogen and oxygen atoms in total. The second-order valence-corrected chi connectivity index (χ2v) is 7.96. The standard InChI is InChI=1S/C21H33N5O2.HI/c1-22-20(23-16-21(28)10-8-17-6-4-5-7-18(17)21)26-14-12-25(13-15-26)11-9-19(27)24(2)3;/h4-7,28H,8-16H2,1-3H3,(H,22,23);1H. The van der Waals surface area contributed by atoms with Gasteiger partial charge < -0.3 is 20.2 Å². The van der Waals surface area contributed by atoms with Gasteiger partial charge in [-0.1, -0.05) is 24.3 Å². The fraction of sp³-hybridized carbons (Fsp3) is 0.619. The lowest BCUT2D eigenvalue weighted by molar-refractivity contribution is -0.129. The molecular weight excluding hydrogens is 481 g/mol. The average molecular weight is 515 g/mol. The van der Waals surface area contributed by atoms with E-state index in [1.807, 2.05) is 18.2 Å². The van der Waals surface area contributed by atoms with E-state index in [0.29, 0.717) is 13.0 Å². The number of carbonyl (C=O) groups excluding carboxylic acids is 1. The number of nitrogens with zero attached hydrogens (tertiary/aromatic N) is 4. The number of rotatable bonds is 5. The molecule has 1 amide bonds. The summed E-state index contributed by atoms with van der Waals surface area (Å²) in [7, 11) is 5.39. The number of aliphatic hydroxyl groups is 1. The van der Waals surface area contributed by atoms with Crippen LogP contribution in [0.15, 0.2) is 29.3 Å². The number of aliphatic imine (C=N–C) groups is 1. The number of amides is 1. The smallest absolute Gasteiger partial charge is 0.223 e. The Morgan fingerprint density at radius 2 is 1.93 bits per heavy atom. The molecular formula is C21H34IN5O2. The van der Waals surface area contributed by atoms with Gasteiger partial charge >= 0.3 is 0 Å². The molecule has 2 N–H and O–H groups in total. The summed E-state index contributed by atoms with van der Waals surface area (Å²) in [5.41, 5.74) is 1.44. The first-order chi connectivity index (χ1) is 13.4. The summed E-state index contributed by atoms with van der Waals surface area (Å²) in [5, 5.41) is 14.5. The molecule has 0 radical (unpaired) electrons. The fourth-order valence-corrected chi connectivity index (χ4v) is 4.07. The molecule has 0 bridgehead atoms. The highest BCUT2D eigenvalue weighted by molar-refractivity contribution is 14.0. The maximum absolute atomic E-state index is 11.8. The fourth-order valence-electron chi connectivity index (χ4n) is 4.07. The highest BCUT2D eigenvalue weighted by Gasteiger charge is 2.36. The van der Waals surface area contributed by atoms with Crippen molar-refractivity contribution < 1.29 is 9.90 Å². The zero-order chi connectivity index (χ0) is 20.1. The van der Waals surface area contributed by atoms with Gasteiger partial charge in [0.25, 0.3) is 0 Å². The Bertz CT molecular complexity index is 719. The van der Waals surface area contributed by atoms with E-state index in [-0.39, 0.29) is 29.9 Å². The first-order valence-electron chi connectivity index (χ1n) is 10.1. The molecule has 1 fully saturated rings. The predicted molar refractivity (Wildman–Crippen MR) is 127 cm³/mol. The van der Waals surface area contributed by atoms with Crippen LogP contribution in [0.4, 0.5) is 0 Å². The van der Waals surface area contributed by atoms with Crippen LogP contribution in [0.3, 0.4) is 0 Å². The Hall–Kier alpha value is -1.39. The summed E-state index contributed by atoms with van der Waals surface area (Å²) < 4.78 is 0. The van der Waals surface area contributed by atoms with Gasteiger partial charge in [0.1, 0.15) is 5.60 Å². The van der Waals surface area contributed by atoms with E-state index < -0.39 is 5.60 Å². The number of guanidine groups is 1. The molecule has 29 heavy (non-hydrogen) atoms. The average Bonchev–Trinajstić information content (AvgIpc) is 3.05. The third kappa shape index (κ3) is 5.82. The van der Waals surface area contributed by atoms with Gasteiger partial charge in [0.05, 0.1) is 6.54 Å². The van der Waals surface area contributed by atoms with Crippen molar-refractivity contribution in [3.05, 3.63) is 35.4 Å². The molecule has 1 saturated heterocycles. The Morgan fingerprint density at radius 3 is 2.59 bits per heavy atom. The van der Waals surface area contributed by atoms with Gasteiger partial charge in [-0.15, -0.1) is 24.0 Å². The summed E-state index contributed by atoms with van der Waals surface area (Å²) >= 11 is 0. The Morgan fingerprint density at radius 1 is 1.24 bits per heavy atom. The molecule has 1 unspecified atom stereocenters. The molecule has 1 aromatic carbocycles. The molecule has 0 aromatic heterocycles. The zero-order valence-electron chi connectivity index (χ0n) is 17.7. The summed E-state index contributed by atoms with van der Waals surface area (Å²) in [6.45, 7) is 4.82. The van der Waals surface area contributed by atoms with Crippen LogP contribution >= 0.6 is 24.0 Å². The van der Waals surface area contributed by atoms with Crippen molar-refractivity contribution in [3.63, 3.8) is 0 Å². The monoisotopic (exact) mass is 515 g/mol. The molecule has 3 rings (SSSR count). The van der Waals surface area contributed by atoms with Crippen LogP contribution in [-0.4, -0.2) is 92.1 Å². The molecule has 0 saturated carbocycles. The molecule has 2 aliphatic rings. The number of fused-ring (bicyclic) bond motifs is 1. The van der Waals surface area contributed by atoms with Gasteiger partial charge in [0, 0.05) is 60.3 Å². The molecule has 162 valence electrons. The molecule has 1 aromatic rings. The van der Waals surface area contributed by atoms with Crippen LogP contribution in [0.2, 0.25) is 0 Å². The SMILES string of the molecule is CN=C(NCC1(O)CCc2ccccc21)N1CCN(CCC(=O)N(C)C)CC1.I. The maximum Gasteiger partial charge on any atom is 0.223 e. The van der Waals surface area contributed by atoms with E-state index in [1.165, 1.54) is 5.56 Å². The van der Waals surface area contributed by atoms with Crippen molar-refractivity contribution in [2.24, 2.45) is 4.99 Å². The van der Waals surface area contributed by atoms with E-state index in [2.05, 4.69) is 26.2 Å². The zero-order valence-corrected chi connectivity index (χ0v) is 20.1. The highest BCUT2D eigenvalue weighted by atomic mass is 127. The molecule has 1 heterocycles. The molecule has 0 spiro atoms. The highest BCUT2D eigenvalue weighted by Crippen LogP contribution is 2.36. The van der Waals surface area contributed by atoms with Crippen molar-refractivity contribution in [2.75, 3.05) is 60.4 Å². The minimum atomic E-state index is -0.832. The number of hydrogen-bond donors (Lipinski definition) is 2. The van der Waals surface area contributed by atoms with Crippen LogP contribution in [0.25, 0.3) is 0 Å². The van der Waals surface area contributed by atoms with Gasteiger partial charge in [0.15, 0.2) is 5.96 Å². The number of piperazine rings is 1. The summed E-state index contributed by atoms with van der Waals surface area (Å²) in [6.07, 6.45) is 2.22. The summed E-state index contributed by atoms with van der Waals surface area (Å²) in [6, 6.07) is 8.15. The third-order valence-corrected chi connectivity index (χ3v) is 5.89. The number of aryl methyl sites for hydroxylation is 1. The van der Waals surface area contributed by atoms with Crippen molar-refractivity contribution in [1.29, 1.82) is 0 Å². The first-order valence-corrected chi connectivity index (χ1v) is 10.1. The number of nitrogens with one attached hydrogen (secondary N) is 1. The quantitative estimate of drug-likeness (QED) is 0.350. The predicted octanol–water partition coefficient (Wildman–Crippen LogP) is 1.11. The van der Waals surface area contributed by atoms with E-state index in [0.717, 1.165) is 57.1 Å². The Balaban J connectivity index is 0.00000300. The van der Waals surface area contributed by atoms with Crippen LogP contribution in [0.5, 0.6) is 0 Å². The van der Waals surface area contributed by atoms with Gasteiger partial charge in [-0.25, -0.2) is 0 Å². The van der Waals surface area contributed by atoms with E-state index >= 15 is 0 Å². The molecule has 1 aliphatic heterocycles. The first kappa shape index (κ1) is 23.9. The second kappa shape index (κ2) is 10.6. The second-order valence-electron chi connectivity index (χ2n) is 7.96. The van der Waals surface area contributed by atoms with E-state index in [4.69, 9.17) is 0 Å². The third-order valence-electron chi connectivity index (χ3n) is 5.89.